The molecule has 162 valence electrons. The third-order valence-corrected chi connectivity index (χ3v) is 8.03. The molecule has 2 bridgehead atoms. The molecular formula is C24H37NO4. The maximum absolute atomic E-state index is 10.1. The number of phenols is 1. The number of benzene rings is 1. The van der Waals surface area contributed by atoms with Gasteiger partial charge in [-0.3, -0.25) is 4.90 Å². The third kappa shape index (κ3) is 3.91. The van der Waals surface area contributed by atoms with Crippen molar-refractivity contribution in [1.82, 2.24) is 4.90 Å². The van der Waals surface area contributed by atoms with Crippen LogP contribution in [0, 0.1) is 11.3 Å². The summed E-state index contributed by atoms with van der Waals surface area (Å²) in [4.78, 5) is 12.3. The first kappa shape index (κ1) is 22.1. The van der Waals surface area contributed by atoms with Gasteiger partial charge in [0.25, 0.3) is 0 Å². The van der Waals surface area contributed by atoms with Crippen molar-refractivity contribution in [1.29, 1.82) is 0 Å². The minimum Gasteiger partial charge on any atom is -0.508 e. The number of hydrogen-bond donors (Lipinski definition) is 3. The highest BCUT2D eigenvalue weighted by Crippen LogP contribution is 2.58. The van der Waals surface area contributed by atoms with Crippen molar-refractivity contribution >= 4 is 5.97 Å². The minimum absolute atomic E-state index is 0.222. The van der Waals surface area contributed by atoms with Crippen LogP contribution in [-0.2, 0) is 16.6 Å². The topological polar surface area (TPSA) is 81.0 Å². The van der Waals surface area contributed by atoms with Gasteiger partial charge in [-0.25, -0.2) is 4.79 Å². The number of phenolic OH excluding ortho intramolecular Hbond substituents is 1. The summed E-state index contributed by atoms with van der Waals surface area (Å²) in [5.41, 5.74) is 3.40. The number of carboxylic acids is 1. The first-order chi connectivity index (χ1) is 13.6. The van der Waals surface area contributed by atoms with Crippen molar-refractivity contribution in [2.45, 2.75) is 83.8 Å². The summed E-state index contributed by atoms with van der Waals surface area (Å²) in [6.07, 6.45) is 6.63. The number of aliphatic carboxylic acids is 1. The maximum Gasteiger partial charge on any atom is 0.332 e. The van der Waals surface area contributed by atoms with Crippen LogP contribution in [-0.4, -0.2) is 51.4 Å². The molecule has 1 aliphatic heterocycles. The van der Waals surface area contributed by atoms with Crippen molar-refractivity contribution in [2.24, 2.45) is 11.3 Å². The molecule has 1 heterocycles. The quantitative estimate of drug-likeness (QED) is 0.709. The first-order valence-corrected chi connectivity index (χ1v) is 11.1. The average molecular weight is 404 g/mol. The monoisotopic (exact) mass is 403 g/mol. The molecule has 0 amide bonds. The van der Waals surface area contributed by atoms with Gasteiger partial charge >= 0.3 is 5.97 Å². The largest absolute Gasteiger partial charge is 0.508 e. The highest BCUT2D eigenvalue weighted by molar-refractivity contribution is 5.71. The normalized spacial score (nSPS) is 29.1. The predicted molar refractivity (Wildman–Crippen MR) is 114 cm³/mol. The van der Waals surface area contributed by atoms with E-state index >= 15 is 0 Å². The number of aliphatic hydroxyl groups excluding tert-OH is 1. The number of rotatable bonds is 4. The lowest BCUT2D eigenvalue weighted by Gasteiger charge is -2.62. The van der Waals surface area contributed by atoms with Crippen LogP contribution >= 0.6 is 0 Å². The summed E-state index contributed by atoms with van der Waals surface area (Å²) >= 11 is 0. The van der Waals surface area contributed by atoms with Gasteiger partial charge in [0, 0.05) is 18.0 Å². The van der Waals surface area contributed by atoms with Crippen LogP contribution in [0.1, 0.15) is 70.9 Å². The van der Waals surface area contributed by atoms with E-state index in [-0.39, 0.29) is 10.8 Å². The van der Waals surface area contributed by atoms with E-state index in [1.165, 1.54) is 63.2 Å². The van der Waals surface area contributed by atoms with Gasteiger partial charge in [-0.15, -0.1) is 0 Å². The number of carboxylic acid groups (broad SMARTS) is 1. The van der Waals surface area contributed by atoms with Crippen LogP contribution in [0.5, 0.6) is 5.75 Å². The molecule has 4 rings (SSSR count). The van der Waals surface area contributed by atoms with Crippen LogP contribution in [0.15, 0.2) is 18.2 Å². The lowest BCUT2D eigenvalue weighted by Crippen LogP contribution is -2.65. The summed E-state index contributed by atoms with van der Waals surface area (Å²) in [6.45, 7) is 11.1. The van der Waals surface area contributed by atoms with E-state index in [9.17, 15) is 9.90 Å². The fourth-order valence-electron chi connectivity index (χ4n) is 5.90. The Morgan fingerprint density at radius 1 is 1.31 bits per heavy atom. The molecule has 0 radical (unpaired) electrons. The van der Waals surface area contributed by atoms with E-state index in [1.54, 1.807) is 0 Å². The lowest BCUT2D eigenvalue weighted by atomic mass is 9.49. The summed E-state index contributed by atoms with van der Waals surface area (Å²) in [6, 6.07) is 6.78. The van der Waals surface area contributed by atoms with Crippen molar-refractivity contribution in [3.63, 3.8) is 0 Å². The molecule has 3 unspecified atom stereocenters. The molecule has 1 saturated heterocycles. The standard InChI is InChI=1S/C21H31NO.C3H6O3/c1-4-21-10-11-22(14-15-6-5-7-15)19(20(21,2)3)12-16-8-9-17(23)13-18(16)21;1-2(4)3(5)6/h8-9,13,15,19,23H,4-7,10-12,14H2,1-3H3;2,4H,1H3,(H,5,6). The Labute approximate surface area is 174 Å². The van der Waals surface area contributed by atoms with E-state index in [4.69, 9.17) is 10.2 Å². The Balaban J connectivity index is 0.000000353. The summed E-state index contributed by atoms with van der Waals surface area (Å²) < 4.78 is 0. The second kappa shape index (κ2) is 8.27. The molecule has 0 spiro atoms. The second-order valence-corrected chi connectivity index (χ2v) is 9.77. The second-order valence-electron chi connectivity index (χ2n) is 9.77. The number of aliphatic hydroxyl groups is 1. The molecule has 3 N–H and O–H groups in total. The van der Waals surface area contributed by atoms with Crippen LogP contribution < -0.4 is 0 Å². The predicted octanol–water partition coefficient (Wildman–Crippen LogP) is 3.95. The summed E-state index contributed by atoms with van der Waals surface area (Å²) in [5.74, 6) is 0.193. The third-order valence-electron chi connectivity index (χ3n) is 8.03. The van der Waals surface area contributed by atoms with Crippen LogP contribution in [0.2, 0.25) is 0 Å². The van der Waals surface area contributed by atoms with Crippen molar-refractivity contribution in [2.75, 3.05) is 13.1 Å². The molecule has 3 aliphatic rings. The smallest absolute Gasteiger partial charge is 0.332 e. The van der Waals surface area contributed by atoms with E-state index in [0.29, 0.717) is 11.8 Å². The molecule has 2 fully saturated rings. The van der Waals surface area contributed by atoms with Gasteiger partial charge in [0.05, 0.1) is 0 Å². The number of aromatic hydroxyl groups is 1. The Bertz CT molecular complexity index is 740. The number of likely N-dealkylation sites (tertiary alicyclic amines) is 1. The van der Waals surface area contributed by atoms with E-state index < -0.39 is 12.1 Å². The maximum atomic E-state index is 10.1. The van der Waals surface area contributed by atoms with E-state index in [0.717, 1.165) is 12.3 Å². The molecule has 2 aliphatic carbocycles. The van der Waals surface area contributed by atoms with Gasteiger partial charge in [0.15, 0.2) is 0 Å². The van der Waals surface area contributed by atoms with Crippen molar-refractivity contribution in [3.05, 3.63) is 29.3 Å². The Morgan fingerprint density at radius 2 is 1.97 bits per heavy atom. The van der Waals surface area contributed by atoms with Gasteiger partial charge in [0.2, 0.25) is 0 Å². The fraction of sp³-hybridized carbons (Fsp3) is 0.708. The minimum atomic E-state index is -1.23. The molecular weight excluding hydrogens is 366 g/mol. The highest BCUT2D eigenvalue weighted by atomic mass is 16.4. The van der Waals surface area contributed by atoms with Crippen LogP contribution in [0.4, 0.5) is 0 Å². The molecule has 1 saturated carbocycles. The van der Waals surface area contributed by atoms with Gasteiger partial charge in [0.1, 0.15) is 11.9 Å². The molecule has 1 aromatic carbocycles. The van der Waals surface area contributed by atoms with Crippen molar-refractivity contribution < 1.29 is 20.1 Å². The Kier molecular flexibility index (Phi) is 6.30. The van der Waals surface area contributed by atoms with Crippen molar-refractivity contribution in [3.8, 4) is 5.75 Å². The Hall–Kier alpha value is -1.59. The van der Waals surface area contributed by atoms with Gasteiger partial charge in [-0.2, -0.15) is 0 Å². The zero-order chi connectivity index (χ0) is 21.4. The Morgan fingerprint density at radius 3 is 2.48 bits per heavy atom. The van der Waals surface area contributed by atoms with Gasteiger partial charge < -0.3 is 15.3 Å². The number of fused-ring (bicyclic) bond motifs is 4. The molecule has 5 nitrogen and oxygen atoms in total. The molecule has 29 heavy (non-hydrogen) atoms. The molecule has 0 aromatic heterocycles. The number of piperidine rings is 1. The fourth-order valence-corrected chi connectivity index (χ4v) is 5.90. The average Bonchev–Trinajstić information content (AvgIpc) is 2.61. The number of hydrogen-bond acceptors (Lipinski definition) is 4. The van der Waals surface area contributed by atoms with E-state index in [2.05, 4.69) is 37.8 Å². The molecule has 5 heteroatoms. The highest BCUT2D eigenvalue weighted by Gasteiger charge is 2.57. The molecule has 1 aromatic rings. The molecule has 3 atom stereocenters. The van der Waals surface area contributed by atoms with Crippen LogP contribution in [0.25, 0.3) is 0 Å². The number of carbonyl (C=O) groups is 1. The van der Waals surface area contributed by atoms with Crippen LogP contribution in [0.3, 0.4) is 0 Å². The zero-order valence-corrected chi connectivity index (χ0v) is 18.3. The lowest BCUT2D eigenvalue weighted by molar-refractivity contribution is -0.145. The van der Waals surface area contributed by atoms with E-state index in [1.807, 2.05) is 6.07 Å². The zero-order valence-electron chi connectivity index (χ0n) is 18.3. The van der Waals surface area contributed by atoms with Gasteiger partial charge in [-0.05, 0) is 80.2 Å². The summed E-state index contributed by atoms with van der Waals surface area (Å²) in [5, 5.41) is 25.8. The SMILES string of the molecule is CC(O)C(=O)O.CCC12CCN(CC3CCC3)C(Cc3ccc(O)cc31)C2(C)C. The van der Waals surface area contributed by atoms with Gasteiger partial charge in [-0.1, -0.05) is 33.3 Å². The number of nitrogens with zero attached hydrogens (tertiary/aromatic N) is 1. The summed E-state index contributed by atoms with van der Waals surface area (Å²) in [7, 11) is 0. The first-order valence-electron chi connectivity index (χ1n) is 11.1.